The Morgan fingerprint density at radius 3 is 2.49 bits per heavy atom. The average Bonchev–Trinajstić information content (AvgIpc) is 2.87. The first-order chi connectivity index (χ1) is 16.9. The summed E-state index contributed by atoms with van der Waals surface area (Å²) in [5.41, 5.74) is 2.94. The van der Waals surface area contributed by atoms with Gasteiger partial charge in [0.2, 0.25) is 0 Å². The Morgan fingerprint density at radius 1 is 0.971 bits per heavy atom. The summed E-state index contributed by atoms with van der Waals surface area (Å²) in [7, 11) is 0. The van der Waals surface area contributed by atoms with Crippen LogP contribution in [0, 0.1) is 6.92 Å². The number of carbonyl (C=O) groups is 2. The van der Waals surface area contributed by atoms with Crippen LogP contribution >= 0.6 is 31.9 Å². The Kier molecular flexibility index (Phi) is 8.25. The number of rotatable bonds is 7. The van der Waals surface area contributed by atoms with Gasteiger partial charge in [-0.1, -0.05) is 58.4 Å². The lowest BCUT2D eigenvalue weighted by atomic mass is 10.1. The molecule has 1 amide bonds. The van der Waals surface area contributed by atoms with Crippen LogP contribution in [0.15, 0.2) is 75.7 Å². The van der Waals surface area contributed by atoms with E-state index >= 15 is 0 Å². The maximum absolute atomic E-state index is 13.2. The second-order valence-corrected chi connectivity index (χ2v) is 9.51. The summed E-state index contributed by atoms with van der Waals surface area (Å²) in [6.45, 7) is 2.71. The van der Waals surface area contributed by atoms with Gasteiger partial charge in [0.25, 0.3) is 5.91 Å². The van der Waals surface area contributed by atoms with Crippen molar-refractivity contribution in [2.75, 3.05) is 31.3 Å². The standard InChI is InChI=1S/C27H23Br2NO5/c1-18-14-23(29)21(16-22(18)28)27(32)35-17-26(31)30(11-5-8-19-6-3-2-4-7-19)20-9-10-24-25(15-20)34-13-12-33-24/h2-10,14-16H,11-13,17H2,1H3/b8-5+. The van der Waals surface area contributed by atoms with Gasteiger partial charge in [0.15, 0.2) is 18.1 Å². The van der Waals surface area contributed by atoms with E-state index in [-0.39, 0.29) is 12.5 Å². The largest absolute Gasteiger partial charge is 0.486 e. The molecule has 1 aliphatic rings. The van der Waals surface area contributed by atoms with Crippen molar-refractivity contribution in [1.29, 1.82) is 0 Å². The number of halogens is 2. The number of benzene rings is 3. The third-order valence-corrected chi connectivity index (χ3v) is 6.84. The van der Waals surface area contributed by atoms with Crippen LogP contribution in [-0.4, -0.2) is 38.2 Å². The van der Waals surface area contributed by atoms with Crippen LogP contribution < -0.4 is 14.4 Å². The number of carbonyl (C=O) groups excluding carboxylic acids is 2. The summed E-state index contributed by atoms with van der Waals surface area (Å²) in [4.78, 5) is 27.5. The second kappa shape index (κ2) is 11.6. The molecule has 0 saturated heterocycles. The van der Waals surface area contributed by atoms with Crippen LogP contribution in [0.3, 0.4) is 0 Å². The molecule has 4 rings (SSSR count). The van der Waals surface area contributed by atoms with Crippen LogP contribution in [0.1, 0.15) is 21.5 Å². The fourth-order valence-electron chi connectivity index (χ4n) is 3.50. The van der Waals surface area contributed by atoms with E-state index in [0.717, 1.165) is 15.6 Å². The highest BCUT2D eigenvalue weighted by Crippen LogP contribution is 2.34. The average molecular weight is 601 g/mol. The molecule has 0 fully saturated rings. The third-order valence-electron chi connectivity index (χ3n) is 5.33. The Labute approximate surface area is 220 Å². The van der Waals surface area contributed by atoms with Gasteiger partial charge in [-0.2, -0.15) is 0 Å². The molecule has 0 bridgehead atoms. The predicted molar refractivity (Wildman–Crippen MR) is 142 cm³/mol. The molecule has 180 valence electrons. The van der Waals surface area contributed by atoms with Crippen molar-refractivity contribution in [3.63, 3.8) is 0 Å². The zero-order valence-electron chi connectivity index (χ0n) is 19.0. The van der Waals surface area contributed by atoms with Crippen LogP contribution in [0.2, 0.25) is 0 Å². The van der Waals surface area contributed by atoms with Crippen molar-refractivity contribution in [1.82, 2.24) is 0 Å². The van der Waals surface area contributed by atoms with Crippen LogP contribution in [0.5, 0.6) is 11.5 Å². The van der Waals surface area contributed by atoms with Gasteiger partial charge in [-0.05, 0) is 58.2 Å². The van der Waals surface area contributed by atoms with Gasteiger partial charge in [0, 0.05) is 27.2 Å². The van der Waals surface area contributed by atoms with Crippen molar-refractivity contribution in [3.8, 4) is 11.5 Å². The van der Waals surface area contributed by atoms with Crippen LogP contribution in [0.4, 0.5) is 5.69 Å². The highest BCUT2D eigenvalue weighted by atomic mass is 79.9. The normalized spacial score (nSPS) is 12.4. The lowest BCUT2D eigenvalue weighted by Crippen LogP contribution is -2.35. The Hall–Kier alpha value is -3.10. The number of nitrogens with zero attached hydrogens (tertiary/aromatic N) is 1. The van der Waals surface area contributed by atoms with E-state index in [4.69, 9.17) is 14.2 Å². The number of hydrogen-bond donors (Lipinski definition) is 0. The molecule has 0 radical (unpaired) electrons. The fraction of sp³-hybridized carbons (Fsp3) is 0.185. The molecule has 3 aromatic carbocycles. The van der Waals surface area contributed by atoms with Gasteiger partial charge >= 0.3 is 5.97 Å². The molecule has 0 atom stereocenters. The predicted octanol–water partition coefficient (Wildman–Crippen LogP) is 6.19. The zero-order valence-corrected chi connectivity index (χ0v) is 22.2. The first-order valence-electron chi connectivity index (χ1n) is 11.0. The molecule has 1 aliphatic heterocycles. The van der Waals surface area contributed by atoms with E-state index in [1.807, 2.05) is 55.5 Å². The van der Waals surface area contributed by atoms with E-state index in [2.05, 4.69) is 31.9 Å². The molecule has 35 heavy (non-hydrogen) atoms. The molecule has 0 aliphatic carbocycles. The zero-order chi connectivity index (χ0) is 24.8. The van der Waals surface area contributed by atoms with Crippen molar-refractivity contribution >= 4 is 55.5 Å². The van der Waals surface area contributed by atoms with E-state index in [1.165, 1.54) is 0 Å². The molecule has 3 aromatic rings. The minimum absolute atomic E-state index is 0.282. The summed E-state index contributed by atoms with van der Waals surface area (Å²) in [5, 5.41) is 0. The lowest BCUT2D eigenvalue weighted by molar-refractivity contribution is -0.121. The summed E-state index contributed by atoms with van der Waals surface area (Å²) in [5.74, 6) is 0.250. The van der Waals surface area contributed by atoms with Gasteiger partial charge < -0.3 is 19.1 Å². The number of esters is 1. The maximum atomic E-state index is 13.2. The van der Waals surface area contributed by atoms with Crippen LogP contribution in [-0.2, 0) is 9.53 Å². The summed E-state index contributed by atoms with van der Waals surface area (Å²) in [6, 6.07) is 18.6. The molecule has 0 aromatic heterocycles. The molecular formula is C27H23Br2NO5. The topological polar surface area (TPSA) is 65.1 Å². The first-order valence-corrected chi connectivity index (χ1v) is 12.6. The highest BCUT2D eigenvalue weighted by molar-refractivity contribution is 9.11. The quantitative estimate of drug-likeness (QED) is 0.302. The fourth-order valence-corrected chi connectivity index (χ4v) is 4.46. The maximum Gasteiger partial charge on any atom is 0.339 e. The van der Waals surface area contributed by atoms with Gasteiger partial charge in [0.1, 0.15) is 13.2 Å². The summed E-state index contributed by atoms with van der Waals surface area (Å²) >= 11 is 6.82. The van der Waals surface area contributed by atoms with Gasteiger partial charge in [-0.3, -0.25) is 4.79 Å². The number of fused-ring (bicyclic) bond motifs is 1. The van der Waals surface area contributed by atoms with E-state index in [1.54, 1.807) is 29.2 Å². The molecule has 0 saturated carbocycles. The SMILES string of the molecule is Cc1cc(Br)c(C(=O)OCC(=O)N(C/C=C/c2ccccc2)c2ccc3c(c2)OCCO3)cc1Br. The monoisotopic (exact) mass is 599 g/mol. The molecule has 6 nitrogen and oxygen atoms in total. The summed E-state index contributed by atoms with van der Waals surface area (Å²) < 4.78 is 18.0. The minimum atomic E-state index is -0.590. The molecule has 8 heteroatoms. The smallest absolute Gasteiger partial charge is 0.339 e. The van der Waals surface area contributed by atoms with Gasteiger partial charge in [0.05, 0.1) is 5.56 Å². The molecule has 1 heterocycles. The molecule has 0 spiro atoms. The first kappa shape index (κ1) is 25.0. The van der Waals surface area contributed by atoms with Gasteiger partial charge in [-0.15, -0.1) is 0 Å². The number of anilines is 1. The minimum Gasteiger partial charge on any atom is -0.486 e. The number of hydrogen-bond acceptors (Lipinski definition) is 5. The molecule has 0 N–H and O–H groups in total. The Morgan fingerprint density at radius 2 is 1.71 bits per heavy atom. The van der Waals surface area contributed by atoms with E-state index in [0.29, 0.717) is 40.4 Å². The second-order valence-electron chi connectivity index (χ2n) is 7.80. The Bertz CT molecular complexity index is 1260. The van der Waals surface area contributed by atoms with E-state index in [9.17, 15) is 9.59 Å². The van der Waals surface area contributed by atoms with Crippen molar-refractivity contribution in [2.45, 2.75) is 6.92 Å². The third kappa shape index (κ3) is 6.32. The molecule has 0 unspecified atom stereocenters. The lowest BCUT2D eigenvalue weighted by Gasteiger charge is -2.24. The van der Waals surface area contributed by atoms with Crippen molar-refractivity contribution < 1.29 is 23.8 Å². The van der Waals surface area contributed by atoms with E-state index < -0.39 is 12.6 Å². The Balaban J connectivity index is 1.52. The number of aryl methyl sites for hydroxylation is 1. The van der Waals surface area contributed by atoms with Crippen LogP contribution in [0.25, 0.3) is 6.08 Å². The van der Waals surface area contributed by atoms with Gasteiger partial charge in [-0.25, -0.2) is 4.79 Å². The van der Waals surface area contributed by atoms with Crippen molar-refractivity contribution in [3.05, 3.63) is 92.4 Å². The molecular weight excluding hydrogens is 578 g/mol. The highest BCUT2D eigenvalue weighted by Gasteiger charge is 2.21. The summed E-state index contributed by atoms with van der Waals surface area (Å²) in [6.07, 6.45) is 3.82. The van der Waals surface area contributed by atoms with Crippen molar-refractivity contribution in [2.24, 2.45) is 0 Å². The number of amides is 1. The number of ether oxygens (including phenoxy) is 3.